The molecule has 0 saturated carbocycles. The van der Waals surface area contributed by atoms with E-state index in [-0.39, 0.29) is 25.1 Å². The standard InChI is InChI=1S/C16H27NO2.ClH/c1-2-3-4-5-6-11-19-16-9-7-14(8-10-16)12-15(17)13-18;/h7-10,15,18H,2-6,11-13,17H2,1H3;1H. The molecule has 1 aromatic rings. The van der Waals surface area contributed by atoms with Gasteiger partial charge < -0.3 is 15.6 Å². The number of halogens is 1. The Morgan fingerprint density at radius 1 is 1.10 bits per heavy atom. The monoisotopic (exact) mass is 301 g/mol. The van der Waals surface area contributed by atoms with Gasteiger partial charge in [0.25, 0.3) is 0 Å². The fraction of sp³-hybridized carbons (Fsp3) is 0.625. The fourth-order valence-electron chi connectivity index (χ4n) is 1.98. The first-order valence-corrected chi connectivity index (χ1v) is 7.34. The Balaban J connectivity index is 0.00000361. The van der Waals surface area contributed by atoms with Gasteiger partial charge in [-0.3, -0.25) is 0 Å². The summed E-state index contributed by atoms with van der Waals surface area (Å²) < 4.78 is 5.69. The van der Waals surface area contributed by atoms with E-state index in [4.69, 9.17) is 15.6 Å². The van der Waals surface area contributed by atoms with Crippen LogP contribution in [0.15, 0.2) is 24.3 Å². The average molecular weight is 302 g/mol. The number of benzene rings is 1. The maximum Gasteiger partial charge on any atom is 0.119 e. The van der Waals surface area contributed by atoms with Crippen molar-refractivity contribution in [3.05, 3.63) is 29.8 Å². The van der Waals surface area contributed by atoms with E-state index in [1.165, 1.54) is 25.7 Å². The number of ether oxygens (including phenoxy) is 1. The summed E-state index contributed by atoms with van der Waals surface area (Å²) in [6.07, 6.45) is 6.97. The Morgan fingerprint density at radius 3 is 2.35 bits per heavy atom. The van der Waals surface area contributed by atoms with Crippen molar-refractivity contribution >= 4 is 12.4 Å². The van der Waals surface area contributed by atoms with Crippen molar-refractivity contribution in [2.45, 2.75) is 51.5 Å². The SMILES string of the molecule is CCCCCCCOc1ccc(CC(N)CO)cc1.Cl. The van der Waals surface area contributed by atoms with Crippen LogP contribution in [0.25, 0.3) is 0 Å². The van der Waals surface area contributed by atoms with Crippen molar-refractivity contribution in [2.75, 3.05) is 13.2 Å². The molecule has 0 saturated heterocycles. The minimum Gasteiger partial charge on any atom is -0.494 e. The van der Waals surface area contributed by atoms with Gasteiger partial charge in [0.1, 0.15) is 5.75 Å². The van der Waals surface area contributed by atoms with Crippen LogP contribution in [-0.4, -0.2) is 24.4 Å². The summed E-state index contributed by atoms with van der Waals surface area (Å²) in [5, 5.41) is 8.91. The highest BCUT2D eigenvalue weighted by Crippen LogP contribution is 2.14. The molecule has 1 atom stereocenters. The summed E-state index contributed by atoms with van der Waals surface area (Å²) in [4.78, 5) is 0. The molecule has 0 aromatic heterocycles. The lowest BCUT2D eigenvalue weighted by molar-refractivity contribution is 0.265. The molecule has 0 heterocycles. The van der Waals surface area contributed by atoms with Crippen LogP contribution in [0.2, 0.25) is 0 Å². The normalized spacial score (nSPS) is 11.8. The second kappa shape index (κ2) is 12.0. The molecule has 0 aliphatic carbocycles. The van der Waals surface area contributed by atoms with E-state index in [0.717, 1.165) is 24.3 Å². The molecule has 0 fully saturated rings. The zero-order valence-corrected chi connectivity index (χ0v) is 13.2. The van der Waals surface area contributed by atoms with E-state index in [1.807, 2.05) is 24.3 Å². The summed E-state index contributed by atoms with van der Waals surface area (Å²) in [5.74, 6) is 0.914. The van der Waals surface area contributed by atoms with Gasteiger partial charge in [-0.2, -0.15) is 0 Å². The van der Waals surface area contributed by atoms with Crippen LogP contribution in [0.4, 0.5) is 0 Å². The Morgan fingerprint density at radius 2 is 1.75 bits per heavy atom. The lowest BCUT2D eigenvalue weighted by Gasteiger charge is -2.09. The van der Waals surface area contributed by atoms with Gasteiger partial charge in [0.2, 0.25) is 0 Å². The Bertz CT molecular complexity index is 330. The fourth-order valence-corrected chi connectivity index (χ4v) is 1.98. The van der Waals surface area contributed by atoms with Crippen LogP contribution in [0.3, 0.4) is 0 Å². The highest BCUT2D eigenvalue weighted by molar-refractivity contribution is 5.85. The topological polar surface area (TPSA) is 55.5 Å². The second-order valence-electron chi connectivity index (χ2n) is 5.05. The van der Waals surface area contributed by atoms with Crippen molar-refractivity contribution in [1.29, 1.82) is 0 Å². The van der Waals surface area contributed by atoms with Crippen molar-refractivity contribution < 1.29 is 9.84 Å². The minimum absolute atomic E-state index is 0. The van der Waals surface area contributed by atoms with Gasteiger partial charge in [-0.05, 0) is 30.5 Å². The number of unbranched alkanes of at least 4 members (excludes halogenated alkanes) is 4. The van der Waals surface area contributed by atoms with Crippen LogP contribution in [0.5, 0.6) is 5.75 Å². The maximum atomic E-state index is 8.91. The van der Waals surface area contributed by atoms with Crippen LogP contribution in [0, 0.1) is 0 Å². The number of rotatable bonds is 10. The highest BCUT2D eigenvalue weighted by atomic mass is 35.5. The molecule has 3 nitrogen and oxygen atoms in total. The molecule has 20 heavy (non-hydrogen) atoms. The van der Waals surface area contributed by atoms with Crippen molar-refractivity contribution in [2.24, 2.45) is 5.73 Å². The smallest absolute Gasteiger partial charge is 0.119 e. The molecule has 0 radical (unpaired) electrons. The maximum absolute atomic E-state index is 8.91. The Hall–Kier alpha value is -0.770. The van der Waals surface area contributed by atoms with Crippen LogP contribution in [0.1, 0.15) is 44.6 Å². The van der Waals surface area contributed by atoms with Crippen LogP contribution >= 0.6 is 12.4 Å². The number of hydrogen-bond acceptors (Lipinski definition) is 3. The Labute approximate surface area is 128 Å². The van der Waals surface area contributed by atoms with E-state index in [0.29, 0.717) is 6.42 Å². The summed E-state index contributed by atoms with van der Waals surface area (Å²) in [6.45, 7) is 3.04. The number of nitrogens with two attached hydrogens (primary N) is 1. The predicted octanol–water partition coefficient (Wildman–Crippen LogP) is 3.32. The molecular formula is C16H28ClNO2. The molecular weight excluding hydrogens is 274 g/mol. The molecule has 0 spiro atoms. The van der Waals surface area contributed by atoms with Gasteiger partial charge in [-0.25, -0.2) is 0 Å². The third kappa shape index (κ3) is 8.41. The van der Waals surface area contributed by atoms with E-state index in [2.05, 4.69) is 6.92 Å². The molecule has 1 unspecified atom stereocenters. The first-order valence-electron chi connectivity index (χ1n) is 7.34. The lowest BCUT2D eigenvalue weighted by atomic mass is 10.1. The number of hydrogen-bond donors (Lipinski definition) is 2. The van der Waals surface area contributed by atoms with E-state index >= 15 is 0 Å². The van der Waals surface area contributed by atoms with E-state index < -0.39 is 0 Å². The minimum atomic E-state index is -0.176. The molecule has 0 aliphatic rings. The molecule has 0 amide bonds. The summed E-state index contributed by atoms with van der Waals surface area (Å²) in [7, 11) is 0. The molecule has 1 rings (SSSR count). The number of aliphatic hydroxyl groups is 1. The van der Waals surface area contributed by atoms with Gasteiger partial charge in [0.15, 0.2) is 0 Å². The first kappa shape index (κ1) is 19.2. The second-order valence-corrected chi connectivity index (χ2v) is 5.05. The van der Waals surface area contributed by atoms with Crippen LogP contribution < -0.4 is 10.5 Å². The lowest BCUT2D eigenvalue weighted by Crippen LogP contribution is -2.26. The third-order valence-corrected chi connectivity index (χ3v) is 3.17. The quantitative estimate of drug-likeness (QED) is 0.652. The number of aliphatic hydroxyl groups excluding tert-OH is 1. The molecule has 1 aromatic carbocycles. The predicted molar refractivity (Wildman–Crippen MR) is 86.7 cm³/mol. The summed E-state index contributed by atoms with van der Waals surface area (Å²) >= 11 is 0. The average Bonchev–Trinajstić information content (AvgIpc) is 2.44. The summed E-state index contributed by atoms with van der Waals surface area (Å²) in [5.41, 5.74) is 6.84. The van der Waals surface area contributed by atoms with E-state index in [1.54, 1.807) is 0 Å². The van der Waals surface area contributed by atoms with Crippen LogP contribution in [-0.2, 0) is 6.42 Å². The van der Waals surface area contributed by atoms with Gasteiger partial charge >= 0.3 is 0 Å². The molecule has 0 bridgehead atoms. The zero-order chi connectivity index (χ0) is 13.9. The van der Waals surface area contributed by atoms with Crippen molar-refractivity contribution in [1.82, 2.24) is 0 Å². The summed E-state index contributed by atoms with van der Waals surface area (Å²) in [6, 6.07) is 7.81. The molecule has 0 aliphatic heterocycles. The molecule has 116 valence electrons. The zero-order valence-electron chi connectivity index (χ0n) is 12.4. The van der Waals surface area contributed by atoms with Crippen molar-refractivity contribution in [3.8, 4) is 5.75 Å². The van der Waals surface area contributed by atoms with E-state index in [9.17, 15) is 0 Å². The molecule has 3 N–H and O–H groups in total. The van der Waals surface area contributed by atoms with Gasteiger partial charge in [-0.15, -0.1) is 12.4 Å². The van der Waals surface area contributed by atoms with Gasteiger partial charge in [0, 0.05) is 6.04 Å². The van der Waals surface area contributed by atoms with Gasteiger partial charge in [0.05, 0.1) is 13.2 Å². The van der Waals surface area contributed by atoms with Crippen molar-refractivity contribution in [3.63, 3.8) is 0 Å². The third-order valence-electron chi connectivity index (χ3n) is 3.17. The van der Waals surface area contributed by atoms with Gasteiger partial charge in [-0.1, -0.05) is 44.7 Å². The first-order chi connectivity index (χ1) is 9.26. The molecule has 4 heteroatoms. The largest absolute Gasteiger partial charge is 0.494 e. The Kier molecular flexibility index (Phi) is 11.5. The highest BCUT2D eigenvalue weighted by Gasteiger charge is 2.02.